The minimum Gasteiger partial charge on any atom is -0.398 e. The average molecular weight is 289 g/mol. The lowest BCUT2D eigenvalue weighted by Gasteiger charge is -2.24. The van der Waals surface area contributed by atoms with E-state index in [4.69, 9.17) is 17.3 Å². The first-order valence-corrected chi connectivity index (χ1v) is 7.78. The first-order chi connectivity index (χ1) is 8.43. The summed E-state index contributed by atoms with van der Waals surface area (Å²) in [6.07, 6.45) is 3.98. The van der Waals surface area contributed by atoms with Crippen LogP contribution in [0.25, 0.3) is 0 Å². The Kier molecular flexibility index (Phi) is 3.84. The van der Waals surface area contributed by atoms with E-state index in [0.717, 1.165) is 25.7 Å². The molecule has 1 aliphatic rings. The molecule has 1 saturated carbocycles. The van der Waals surface area contributed by atoms with Gasteiger partial charge in [-0.15, -0.1) is 0 Å². The Hall–Kier alpha value is -0.780. The Bertz CT molecular complexity index is 539. The predicted molar refractivity (Wildman–Crippen MR) is 73.1 cm³/mol. The van der Waals surface area contributed by atoms with Crippen molar-refractivity contribution in [2.45, 2.75) is 36.6 Å². The molecule has 6 heteroatoms. The van der Waals surface area contributed by atoms with Gasteiger partial charge >= 0.3 is 0 Å². The number of nitrogens with two attached hydrogens (primary N) is 1. The van der Waals surface area contributed by atoms with Crippen LogP contribution in [0, 0.1) is 0 Å². The second-order valence-electron chi connectivity index (χ2n) is 4.64. The second kappa shape index (κ2) is 5.07. The zero-order chi connectivity index (χ0) is 13.3. The van der Waals surface area contributed by atoms with Gasteiger partial charge in [-0.05, 0) is 31.0 Å². The molecular formula is C12H17ClN2O2S. The van der Waals surface area contributed by atoms with E-state index in [2.05, 4.69) is 0 Å². The molecule has 0 bridgehead atoms. The number of hydrogen-bond acceptors (Lipinski definition) is 3. The van der Waals surface area contributed by atoms with Crippen LogP contribution >= 0.6 is 11.6 Å². The Labute approximate surface area is 113 Å². The molecule has 0 unspecified atom stereocenters. The summed E-state index contributed by atoms with van der Waals surface area (Å²) in [5.41, 5.74) is 5.99. The summed E-state index contributed by atoms with van der Waals surface area (Å²) >= 11 is 5.85. The van der Waals surface area contributed by atoms with Gasteiger partial charge < -0.3 is 5.73 Å². The van der Waals surface area contributed by atoms with Crippen LogP contribution in [0.15, 0.2) is 23.1 Å². The minimum absolute atomic E-state index is 0.0772. The van der Waals surface area contributed by atoms with Crippen LogP contribution in [0.3, 0.4) is 0 Å². The standard InChI is InChI=1S/C12H17ClN2O2S/c1-15(10-4-2-3-5-10)18(16,17)12-8-9(13)6-7-11(12)14/h6-8,10H,2-5,14H2,1H3. The van der Waals surface area contributed by atoms with E-state index < -0.39 is 10.0 Å². The monoisotopic (exact) mass is 288 g/mol. The normalized spacial score (nSPS) is 17.5. The predicted octanol–water partition coefficient (Wildman–Crippen LogP) is 2.49. The van der Waals surface area contributed by atoms with Crippen molar-refractivity contribution in [1.29, 1.82) is 0 Å². The highest BCUT2D eigenvalue weighted by atomic mass is 35.5. The van der Waals surface area contributed by atoms with Crippen LogP contribution in [0.1, 0.15) is 25.7 Å². The zero-order valence-corrected chi connectivity index (χ0v) is 11.8. The zero-order valence-electron chi connectivity index (χ0n) is 10.3. The number of nitrogen functional groups attached to an aromatic ring is 1. The highest BCUT2D eigenvalue weighted by Crippen LogP contribution is 2.30. The first-order valence-electron chi connectivity index (χ1n) is 5.96. The maximum Gasteiger partial charge on any atom is 0.245 e. The Morgan fingerprint density at radius 1 is 1.33 bits per heavy atom. The third kappa shape index (κ3) is 2.48. The smallest absolute Gasteiger partial charge is 0.245 e. The van der Waals surface area contributed by atoms with Crippen LogP contribution in [-0.4, -0.2) is 25.8 Å². The third-order valence-electron chi connectivity index (χ3n) is 3.47. The molecule has 1 aromatic rings. The Balaban J connectivity index is 2.37. The van der Waals surface area contributed by atoms with E-state index in [-0.39, 0.29) is 16.6 Å². The molecule has 1 aliphatic carbocycles. The molecule has 0 radical (unpaired) electrons. The molecule has 100 valence electrons. The molecule has 18 heavy (non-hydrogen) atoms. The van der Waals surface area contributed by atoms with Gasteiger partial charge in [0, 0.05) is 18.1 Å². The number of rotatable bonds is 3. The highest BCUT2D eigenvalue weighted by molar-refractivity contribution is 7.89. The molecule has 0 saturated heterocycles. The molecule has 0 aliphatic heterocycles. The molecule has 0 aromatic heterocycles. The van der Waals surface area contributed by atoms with Gasteiger partial charge in [0.25, 0.3) is 0 Å². The summed E-state index contributed by atoms with van der Waals surface area (Å²) in [7, 11) is -1.93. The van der Waals surface area contributed by atoms with Crippen molar-refractivity contribution >= 4 is 27.3 Å². The van der Waals surface area contributed by atoms with Crippen LogP contribution in [0.4, 0.5) is 5.69 Å². The number of sulfonamides is 1. The molecule has 2 rings (SSSR count). The number of benzene rings is 1. The van der Waals surface area contributed by atoms with Gasteiger partial charge in [-0.3, -0.25) is 0 Å². The fourth-order valence-corrected chi connectivity index (χ4v) is 4.14. The maximum atomic E-state index is 12.5. The number of nitrogens with zero attached hydrogens (tertiary/aromatic N) is 1. The summed E-state index contributed by atoms with van der Waals surface area (Å²) in [5, 5.41) is 0.377. The summed E-state index contributed by atoms with van der Waals surface area (Å²) in [6.45, 7) is 0. The molecule has 0 amide bonds. The molecule has 0 atom stereocenters. The van der Waals surface area contributed by atoms with E-state index >= 15 is 0 Å². The van der Waals surface area contributed by atoms with Crippen molar-refractivity contribution in [1.82, 2.24) is 4.31 Å². The molecule has 2 N–H and O–H groups in total. The van der Waals surface area contributed by atoms with Gasteiger partial charge in [0.05, 0.1) is 5.69 Å². The molecule has 0 spiro atoms. The molecule has 0 heterocycles. The molecular weight excluding hydrogens is 272 g/mol. The van der Waals surface area contributed by atoms with Gasteiger partial charge in [-0.25, -0.2) is 8.42 Å². The van der Waals surface area contributed by atoms with Gasteiger partial charge in [0.1, 0.15) is 4.90 Å². The molecule has 1 aromatic carbocycles. The third-order valence-corrected chi connectivity index (χ3v) is 5.67. The maximum absolute atomic E-state index is 12.5. The lowest BCUT2D eigenvalue weighted by atomic mass is 10.3. The van der Waals surface area contributed by atoms with E-state index in [0.29, 0.717) is 5.02 Å². The average Bonchev–Trinajstić information content (AvgIpc) is 2.84. The topological polar surface area (TPSA) is 63.4 Å². The minimum atomic E-state index is -3.55. The SMILES string of the molecule is CN(C1CCCC1)S(=O)(=O)c1cc(Cl)ccc1N. The van der Waals surface area contributed by atoms with Crippen molar-refractivity contribution in [3.63, 3.8) is 0 Å². The summed E-state index contributed by atoms with van der Waals surface area (Å²) in [4.78, 5) is 0.101. The Morgan fingerprint density at radius 2 is 1.94 bits per heavy atom. The van der Waals surface area contributed by atoms with Crippen molar-refractivity contribution in [3.8, 4) is 0 Å². The van der Waals surface area contributed by atoms with Gasteiger partial charge in [-0.2, -0.15) is 4.31 Å². The van der Waals surface area contributed by atoms with Gasteiger partial charge in [0.2, 0.25) is 10.0 Å². The second-order valence-corrected chi connectivity index (χ2v) is 7.04. The Morgan fingerprint density at radius 3 is 2.56 bits per heavy atom. The van der Waals surface area contributed by atoms with Crippen molar-refractivity contribution in [2.24, 2.45) is 0 Å². The van der Waals surface area contributed by atoms with Crippen LogP contribution < -0.4 is 5.73 Å². The fraction of sp³-hybridized carbons (Fsp3) is 0.500. The molecule has 1 fully saturated rings. The van der Waals surface area contributed by atoms with Crippen molar-refractivity contribution in [3.05, 3.63) is 23.2 Å². The van der Waals surface area contributed by atoms with Crippen molar-refractivity contribution < 1.29 is 8.42 Å². The molecule has 4 nitrogen and oxygen atoms in total. The van der Waals surface area contributed by atoms with Crippen LogP contribution in [0.5, 0.6) is 0 Å². The van der Waals surface area contributed by atoms with Gasteiger partial charge in [-0.1, -0.05) is 24.4 Å². The van der Waals surface area contributed by atoms with E-state index in [9.17, 15) is 8.42 Å². The van der Waals surface area contributed by atoms with Crippen LogP contribution in [-0.2, 0) is 10.0 Å². The lowest BCUT2D eigenvalue weighted by molar-refractivity contribution is 0.373. The van der Waals surface area contributed by atoms with Crippen LogP contribution in [0.2, 0.25) is 5.02 Å². The largest absolute Gasteiger partial charge is 0.398 e. The quantitative estimate of drug-likeness (QED) is 0.869. The summed E-state index contributed by atoms with van der Waals surface area (Å²) in [5.74, 6) is 0. The summed E-state index contributed by atoms with van der Waals surface area (Å²) in [6, 6.07) is 4.61. The summed E-state index contributed by atoms with van der Waals surface area (Å²) < 4.78 is 26.4. The van der Waals surface area contributed by atoms with E-state index in [1.165, 1.54) is 16.4 Å². The number of hydrogen-bond donors (Lipinski definition) is 1. The highest BCUT2D eigenvalue weighted by Gasteiger charge is 2.31. The number of halogens is 1. The fourth-order valence-electron chi connectivity index (χ4n) is 2.35. The first kappa shape index (κ1) is 13.6. The number of anilines is 1. The van der Waals surface area contributed by atoms with E-state index in [1.807, 2.05) is 0 Å². The van der Waals surface area contributed by atoms with E-state index in [1.54, 1.807) is 13.1 Å². The lowest BCUT2D eigenvalue weighted by Crippen LogP contribution is -2.35. The van der Waals surface area contributed by atoms with Gasteiger partial charge in [0.15, 0.2) is 0 Å². The van der Waals surface area contributed by atoms with Crippen molar-refractivity contribution in [2.75, 3.05) is 12.8 Å².